The molecule has 0 saturated heterocycles. The van der Waals surface area contributed by atoms with Crippen molar-refractivity contribution < 1.29 is 0 Å². The van der Waals surface area contributed by atoms with Gasteiger partial charge in [-0.3, -0.25) is 0 Å². The van der Waals surface area contributed by atoms with Crippen LogP contribution < -0.4 is 0 Å². The van der Waals surface area contributed by atoms with Gasteiger partial charge >= 0.3 is 0 Å². The second-order valence-electron chi connectivity index (χ2n) is 17.9. The number of thioether (sulfide) groups is 1. The van der Waals surface area contributed by atoms with Gasteiger partial charge in [-0.2, -0.15) is 0 Å². The van der Waals surface area contributed by atoms with Gasteiger partial charge in [-0.15, -0.1) is 11.8 Å². The molecule has 1 aliphatic heterocycles. The summed E-state index contributed by atoms with van der Waals surface area (Å²) < 4.78 is 0. The molecule has 3 heteroatoms. The molecule has 2 nitrogen and oxygen atoms in total. The van der Waals surface area contributed by atoms with Gasteiger partial charge in [-0.25, -0.2) is 9.97 Å². The lowest BCUT2D eigenvalue weighted by molar-refractivity contribution is 0.233. The fourth-order valence-electron chi connectivity index (χ4n) is 11.8. The zero-order valence-corrected chi connectivity index (χ0v) is 34.0. The molecule has 1 aromatic heterocycles. The van der Waals surface area contributed by atoms with Crippen LogP contribution in [0.4, 0.5) is 0 Å². The van der Waals surface area contributed by atoms with Crippen molar-refractivity contribution in [1.29, 1.82) is 0 Å². The van der Waals surface area contributed by atoms with E-state index in [4.69, 9.17) is 9.97 Å². The van der Waals surface area contributed by atoms with Gasteiger partial charge in [0.25, 0.3) is 0 Å². The summed E-state index contributed by atoms with van der Waals surface area (Å²) in [5, 5.41) is 0.244. The van der Waals surface area contributed by atoms with Crippen molar-refractivity contribution in [2.75, 3.05) is 0 Å². The molecule has 282 valence electrons. The van der Waals surface area contributed by atoms with Crippen molar-refractivity contribution in [3.8, 4) is 33.8 Å². The lowest BCUT2D eigenvalue weighted by atomic mass is 9.62. The van der Waals surface area contributed by atoms with Gasteiger partial charge in [0.05, 0.1) is 11.4 Å². The third-order valence-corrected chi connectivity index (χ3v) is 16.0. The molecular formula is C55H46N2S. The third kappa shape index (κ3) is 5.11. The van der Waals surface area contributed by atoms with Crippen LogP contribution in [0.3, 0.4) is 0 Å². The van der Waals surface area contributed by atoms with Crippen LogP contribution in [0.1, 0.15) is 91.3 Å². The van der Waals surface area contributed by atoms with Gasteiger partial charge in [0.15, 0.2) is 5.82 Å². The first-order valence-electron chi connectivity index (χ1n) is 21.3. The number of benzene rings is 5. The Morgan fingerprint density at radius 1 is 0.603 bits per heavy atom. The second-order valence-corrected chi connectivity index (χ2v) is 19.1. The first-order valence-corrected chi connectivity index (χ1v) is 22.2. The van der Waals surface area contributed by atoms with E-state index in [1.54, 1.807) is 11.1 Å². The minimum atomic E-state index is -0.0267. The number of rotatable bonds is 4. The number of hydrogen-bond donors (Lipinski definition) is 0. The van der Waals surface area contributed by atoms with E-state index in [0.29, 0.717) is 11.8 Å². The maximum absolute atomic E-state index is 5.24. The van der Waals surface area contributed by atoms with E-state index in [1.807, 2.05) is 17.8 Å². The van der Waals surface area contributed by atoms with Crippen LogP contribution in [0.15, 0.2) is 168 Å². The molecule has 2 heterocycles. The van der Waals surface area contributed by atoms with Gasteiger partial charge < -0.3 is 0 Å². The van der Waals surface area contributed by atoms with E-state index >= 15 is 0 Å². The predicted octanol–water partition coefficient (Wildman–Crippen LogP) is 13.9. The maximum atomic E-state index is 5.24. The van der Waals surface area contributed by atoms with E-state index in [2.05, 4.69) is 166 Å². The Bertz CT molecular complexity index is 2720. The molecule has 6 aliphatic rings. The average molecular weight is 767 g/mol. The van der Waals surface area contributed by atoms with E-state index in [9.17, 15) is 0 Å². The number of nitrogens with zero attached hydrogens (tertiary/aromatic N) is 2. The molecule has 0 N–H and O–H groups in total. The van der Waals surface area contributed by atoms with Gasteiger partial charge in [0, 0.05) is 43.9 Å². The highest BCUT2D eigenvalue weighted by atomic mass is 32.2. The number of aromatic nitrogens is 2. The van der Waals surface area contributed by atoms with Crippen LogP contribution in [0.2, 0.25) is 0 Å². The Labute approximate surface area is 346 Å². The standard InChI is InChI=1S/C55H46N2S/c1-54(2)45-25-23-36(29-41(45)43-32-48-42(31-47(43)54)38-19-10-11-22-46(38)55(48)27-12-5-13-28-55)37-24-26-51-44(30-37)39-20-14-21-40(52(39)58-51)50-33-49(34-15-6-3-7-16-34)56-53(57-50)35-17-8-4-9-18-35/h3-4,6-11,14-26,29-33,39,42,48,52H,5,12-13,27-28H2,1-2H3. The highest BCUT2D eigenvalue weighted by Crippen LogP contribution is 2.64. The van der Waals surface area contributed by atoms with Gasteiger partial charge in [-0.1, -0.05) is 167 Å². The molecule has 0 amide bonds. The van der Waals surface area contributed by atoms with E-state index in [1.165, 1.54) is 81.5 Å². The molecule has 5 aliphatic carbocycles. The van der Waals surface area contributed by atoms with Crippen LogP contribution in [0, 0.1) is 5.92 Å². The highest BCUT2D eigenvalue weighted by Gasteiger charge is 2.53. The van der Waals surface area contributed by atoms with Crippen molar-refractivity contribution in [2.24, 2.45) is 5.92 Å². The van der Waals surface area contributed by atoms with Crippen molar-refractivity contribution in [1.82, 2.24) is 9.97 Å². The van der Waals surface area contributed by atoms with Gasteiger partial charge in [0.1, 0.15) is 0 Å². The molecule has 0 radical (unpaired) electrons. The first-order chi connectivity index (χ1) is 28.5. The number of fused-ring (bicyclic) bond motifs is 11. The fraction of sp³-hybridized carbons (Fsp3) is 0.236. The van der Waals surface area contributed by atoms with Crippen LogP contribution in [-0.4, -0.2) is 15.2 Å². The molecule has 6 aromatic rings. The lowest BCUT2D eigenvalue weighted by Crippen LogP contribution is -2.35. The summed E-state index contributed by atoms with van der Waals surface area (Å²) in [6.07, 6.45) is 19.1. The molecular weight excluding hydrogens is 721 g/mol. The summed E-state index contributed by atoms with van der Waals surface area (Å²) in [5.74, 6) is 2.04. The second kappa shape index (κ2) is 13.0. The Hall–Kier alpha value is -5.51. The summed E-state index contributed by atoms with van der Waals surface area (Å²) in [5.41, 5.74) is 18.8. The highest BCUT2D eigenvalue weighted by molar-refractivity contribution is 8.00. The number of allylic oxidation sites excluding steroid dienone is 7. The first kappa shape index (κ1) is 34.5. The maximum Gasteiger partial charge on any atom is 0.160 e. The van der Waals surface area contributed by atoms with Crippen LogP contribution in [0.5, 0.6) is 0 Å². The largest absolute Gasteiger partial charge is 0.228 e. The molecule has 4 unspecified atom stereocenters. The predicted molar refractivity (Wildman–Crippen MR) is 241 cm³/mol. The van der Waals surface area contributed by atoms with E-state index in [0.717, 1.165) is 28.3 Å². The quantitative estimate of drug-likeness (QED) is 0.179. The fourth-order valence-corrected chi connectivity index (χ4v) is 13.2. The van der Waals surface area contributed by atoms with Crippen molar-refractivity contribution in [3.05, 3.63) is 197 Å². The van der Waals surface area contributed by atoms with Crippen LogP contribution >= 0.6 is 11.8 Å². The lowest BCUT2D eigenvalue weighted by Gasteiger charge is -2.41. The van der Waals surface area contributed by atoms with Crippen molar-refractivity contribution in [2.45, 2.75) is 78.8 Å². The summed E-state index contributed by atoms with van der Waals surface area (Å²) >= 11 is 1.98. The Kier molecular flexibility index (Phi) is 7.74. The zero-order chi connectivity index (χ0) is 38.6. The molecule has 1 fully saturated rings. The molecule has 5 aromatic carbocycles. The van der Waals surface area contributed by atoms with Crippen molar-refractivity contribution in [3.63, 3.8) is 0 Å². The Morgan fingerprint density at radius 3 is 2.16 bits per heavy atom. The molecule has 0 bridgehead atoms. The monoisotopic (exact) mass is 766 g/mol. The van der Waals surface area contributed by atoms with Crippen LogP contribution in [-0.2, 0) is 10.8 Å². The van der Waals surface area contributed by atoms with Crippen LogP contribution in [0.25, 0.3) is 44.9 Å². The molecule has 1 spiro atoms. The Balaban J connectivity index is 0.899. The number of hydrogen-bond acceptors (Lipinski definition) is 3. The molecule has 4 atom stereocenters. The van der Waals surface area contributed by atoms with E-state index in [-0.39, 0.29) is 22.0 Å². The SMILES string of the molecule is CC1(C)C2=CC3c4ccccc4C4(CCCCC4)C3C=C2c2cc(-c3ccc4c(c3)C3C=CC=C(c5cc(-c6ccccc6)nc(-c6ccccc6)n5)C3S4)ccc21. The summed E-state index contributed by atoms with van der Waals surface area (Å²) in [4.78, 5) is 11.7. The minimum Gasteiger partial charge on any atom is -0.228 e. The summed E-state index contributed by atoms with van der Waals surface area (Å²) in [6.45, 7) is 4.90. The normalized spacial score (nSPS) is 23.8. The minimum absolute atomic E-state index is 0.0267. The van der Waals surface area contributed by atoms with E-state index < -0.39 is 0 Å². The zero-order valence-electron chi connectivity index (χ0n) is 33.2. The topological polar surface area (TPSA) is 25.8 Å². The Morgan fingerprint density at radius 2 is 1.33 bits per heavy atom. The van der Waals surface area contributed by atoms with Crippen molar-refractivity contribution >= 4 is 22.9 Å². The smallest absolute Gasteiger partial charge is 0.160 e. The molecule has 1 saturated carbocycles. The van der Waals surface area contributed by atoms with Gasteiger partial charge in [-0.05, 0) is 98.7 Å². The summed E-state index contributed by atoms with van der Waals surface area (Å²) in [7, 11) is 0. The summed E-state index contributed by atoms with van der Waals surface area (Å²) in [6, 6.07) is 47.1. The van der Waals surface area contributed by atoms with Gasteiger partial charge in [0.2, 0.25) is 0 Å². The molecule has 12 rings (SSSR count). The molecule has 58 heavy (non-hydrogen) atoms. The third-order valence-electron chi connectivity index (χ3n) is 14.6. The average Bonchev–Trinajstić information content (AvgIpc) is 3.86.